The normalized spacial score (nSPS) is 11.9. The van der Waals surface area contributed by atoms with Gasteiger partial charge in [0, 0.05) is 12.0 Å². The van der Waals surface area contributed by atoms with E-state index in [1.807, 2.05) is 0 Å². The van der Waals surface area contributed by atoms with Crippen molar-refractivity contribution < 1.29 is 18.0 Å². The molecule has 1 aromatic rings. The quantitative estimate of drug-likeness (QED) is 0.719. The molecule has 1 rings (SSSR count). The van der Waals surface area contributed by atoms with E-state index in [-0.39, 0.29) is 17.9 Å². The van der Waals surface area contributed by atoms with Crippen LogP contribution in [0.1, 0.15) is 36.2 Å². The monoisotopic (exact) mass is 230 g/mol. The molecule has 0 N–H and O–H groups in total. The second kappa shape index (κ2) is 4.68. The van der Waals surface area contributed by atoms with E-state index in [9.17, 15) is 18.0 Å². The highest BCUT2D eigenvalue weighted by Crippen LogP contribution is 2.32. The highest BCUT2D eigenvalue weighted by atomic mass is 19.4. The molecule has 0 fully saturated rings. The Morgan fingerprint density at radius 1 is 1.25 bits per heavy atom. The summed E-state index contributed by atoms with van der Waals surface area (Å²) in [7, 11) is 0. The summed E-state index contributed by atoms with van der Waals surface area (Å²) in [6.07, 6.45) is -4.34. The first kappa shape index (κ1) is 12.7. The van der Waals surface area contributed by atoms with Crippen LogP contribution >= 0.6 is 0 Å². The Bertz CT molecular complexity index is 380. The summed E-state index contributed by atoms with van der Waals surface area (Å²) in [5, 5.41) is 0. The molecule has 0 heterocycles. The van der Waals surface area contributed by atoms with Gasteiger partial charge in [-0.1, -0.05) is 32.0 Å². The SMILES string of the molecule is CC(C)CC(=O)c1ccccc1C(F)(F)F. The maximum atomic E-state index is 12.6. The Balaban J connectivity index is 3.09. The Hall–Kier alpha value is -1.32. The van der Waals surface area contributed by atoms with Crippen LogP contribution < -0.4 is 0 Å². The molecular formula is C12H13F3O. The van der Waals surface area contributed by atoms with Crippen molar-refractivity contribution in [2.24, 2.45) is 5.92 Å². The molecule has 4 heteroatoms. The second-order valence-corrected chi connectivity index (χ2v) is 4.06. The summed E-state index contributed by atoms with van der Waals surface area (Å²) in [5.41, 5.74) is -1.08. The highest BCUT2D eigenvalue weighted by molar-refractivity contribution is 5.97. The highest BCUT2D eigenvalue weighted by Gasteiger charge is 2.34. The van der Waals surface area contributed by atoms with E-state index in [0.29, 0.717) is 0 Å². The molecule has 0 spiro atoms. The number of hydrogen-bond acceptors (Lipinski definition) is 1. The van der Waals surface area contributed by atoms with Crippen molar-refractivity contribution in [3.05, 3.63) is 35.4 Å². The Morgan fingerprint density at radius 3 is 2.31 bits per heavy atom. The van der Waals surface area contributed by atoms with Crippen molar-refractivity contribution >= 4 is 5.78 Å². The fourth-order valence-corrected chi connectivity index (χ4v) is 1.45. The van der Waals surface area contributed by atoms with E-state index < -0.39 is 17.5 Å². The summed E-state index contributed by atoms with van der Waals surface area (Å²) >= 11 is 0. The third-order valence-corrected chi connectivity index (χ3v) is 2.13. The van der Waals surface area contributed by atoms with Crippen LogP contribution in [-0.2, 0) is 6.18 Å². The van der Waals surface area contributed by atoms with Gasteiger partial charge in [-0.25, -0.2) is 0 Å². The number of rotatable bonds is 3. The Morgan fingerprint density at radius 2 is 1.81 bits per heavy atom. The number of Topliss-reactive ketones (excluding diaryl/α,β-unsaturated/α-hetero) is 1. The number of halogens is 3. The molecule has 0 unspecified atom stereocenters. The number of hydrogen-bond donors (Lipinski definition) is 0. The third-order valence-electron chi connectivity index (χ3n) is 2.13. The minimum atomic E-state index is -4.47. The summed E-state index contributed by atoms with van der Waals surface area (Å²) in [6.45, 7) is 3.60. The van der Waals surface area contributed by atoms with Gasteiger partial charge in [-0.05, 0) is 12.0 Å². The molecule has 0 saturated carbocycles. The molecule has 0 radical (unpaired) electrons. The van der Waals surface area contributed by atoms with E-state index in [2.05, 4.69) is 0 Å². The zero-order valence-electron chi connectivity index (χ0n) is 9.14. The van der Waals surface area contributed by atoms with Gasteiger partial charge in [-0.15, -0.1) is 0 Å². The van der Waals surface area contributed by atoms with E-state index in [4.69, 9.17) is 0 Å². The number of ketones is 1. The molecule has 0 aromatic heterocycles. The van der Waals surface area contributed by atoms with Crippen LogP contribution in [0.2, 0.25) is 0 Å². The van der Waals surface area contributed by atoms with Crippen LogP contribution in [0, 0.1) is 5.92 Å². The fourth-order valence-electron chi connectivity index (χ4n) is 1.45. The summed E-state index contributed by atoms with van der Waals surface area (Å²) in [6, 6.07) is 4.90. The molecular weight excluding hydrogens is 217 g/mol. The molecule has 0 aliphatic heterocycles. The lowest BCUT2D eigenvalue weighted by atomic mass is 9.97. The lowest BCUT2D eigenvalue weighted by molar-refractivity contribution is -0.137. The number of carbonyl (C=O) groups is 1. The van der Waals surface area contributed by atoms with E-state index >= 15 is 0 Å². The number of alkyl halides is 3. The van der Waals surface area contributed by atoms with Crippen LogP contribution in [0.4, 0.5) is 13.2 Å². The molecule has 1 nitrogen and oxygen atoms in total. The maximum Gasteiger partial charge on any atom is 0.417 e. The maximum absolute atomic E-state index is 12.6. The molecule has 88 valence electrons. The molecule has 0 saturated heterocycles. The van der Waals surface area contributed by atoms with Gasteiger partial charge in [0.2, 0.25) is 0 Å². The molecule has 0 aliphatic carbocycles. The molecule has 0 atom stereocenters. The van der Waals surface area contributed by atoms with Crippen molar-refractivity contribution in [3.8, 4) is 0 Å². The second-order valence-electron chi connectivity index (χ2n) is 4.06. The number of carbonyl (C=O) groups excluding carboxylic acids is 1. The first-order valence-corrected chi connectivity index (χ1v) is 5.01. The Labute approximate surface area is 92.3 Å². The van der Waals surface area contributed by atoms with Crippen molar-refractivity contribution in [1.82, 2.24) is 0 Å². The average molecular weight is 230 g/mol. The lowest BCUT2D eigenvalue weighted by Crippen LogP contribution is -2.14. The summed E-state index contributed by atoms with van der Waals surface area (Å²) in [5.74, 6) is -0.406. The number of benzene rings is 1. The minimum Gasteiger partial charge on any atom is -0.294 e. The van der Waals surface area contributed by atoms with E-state index in [1.165, 1.54) is 18.2 Å². The molecule has 1 aromatic carbocycles. The van der Waals surface area contributed by atoms with Crippen LogP contribution in [0.5, 0.6) is 0 Å². The van der Waals surface area contributed by atoms with Crippen molar-refractivity contribution in [1.29, 1.82) is 0 Å². The van der Waals surface area contributed by atoms with Crippen LogP contribution in [-0.4, -0.2) is 5.78 Å². The van der Waals surface area contributed by atoms with Crippen LogP contribution in [0.25, 0.3) is 0 Å². The van der Waals surface area contributed by atoms with E-state index in [0.717, 1.165) is 6.07 Å². The minimum absolute atomic E-state index is 0.0498. The summed E-state index contributed by atoms with van der Waals surface area (Å²) in [4.78, 5) is 11.6. The zero-order chi connectivity index (χ0) is 12.3. The molecule has 16 heavy (non-hydrogen) atoms. The van der Waals surface area contributed by atoms with Gasteiger partial charge in [-0.2, -0.15) is 13.2 Å². The van der Waals surface area contributed by atoms with Gasteiger partial charge in [0.25, 0.3) is 0 Å². The van der Waals surface area contributed by atoms with Gasteiger partial charge < -0.3 is 0 Å². The summed E-state index contributed by atoms with van der Waals surface area (Å²) < 4.78 is 37.8. The average Bonchev–Trinajstić information content (AvgIpc) is 2.15. The fraction of sp³-hybridized carbons (Fsp3) is 0.417. The first-order chi connectivity index (χ1) is 7.32. The van der Waals surface area contributed by atoms with Gasteiger partial charge >= 0.3 is 6.18 Å². The van der Waals surface area contributed by atoms with Crippen LogP contribution in [0.15, 0.2) is 24.3 Å². The van der Waals surface area contributed by atoms with Crippen molar-refractivity contribution in [2.75, 3.05) is 0 Å². The van der Waals surface area contributed by atoms with Crippen molar-refractivity contribution in [2.45, 2.75) is 26.4 Å². The Kier molecular flexibility index (Phi) is 3.73. The van der Waals surface area contributed by atoms with Crippen molar-refractivity contribution in [3.63, 3.8) is 0 Å². The smallest absolute Gasteiger partial charge is 0.294 e. The first-order valence-electron chi connectivity index (χ1n) is 5.01. The van der Waals surface area contributed by atoms with Crippen LogP contribution in [0.3, 0.4) is 0 Å². The predicted octanol–water partition coefficient (Wildman–Crippen LogP) is 3.93. The predicted molar refractivity (Wildman–Crippen MR) is 55.2 cm³/mol. The topological polar surface area (TPSA) is 17.1 Å². The van der Waals surface area contributed by atoms with Gasteiger partial charge in [0.15, 0.2) is 5.78 Å². The van der Waals surface area contributed by atoms with Gasteiger partial charge in [-0.3, -0.25) is 4.79 Å². The third kappa shape index (κ3) is 3.08. The molecule has 0 bridgehead atoms. The molecule has 0 aliphatic rings. The van der Waals surface area contributed by atoms with Gasteiger partial charge in [0.05, 0.1) is 5.56 Å². The van der Waals surface area contributed by atoms with E-state index in [1.54, 1.807) is 13.8 Å². The lowest BCUT2D eigenvalue weighted by Gasteiger charge is -2.12. The largest absolute Gasteiger partial charge is 0.417 e. The zero-order valence-corrected chi connectivity index (χ0v) is 9.14. The van der Waals surface area contributed by atoms with Gasteiger partial charge in [0.1, 0.15) is 0 Å². The molecule has 0 amide bonds. The standard InChI is InChI=1S/C12H13F3O/c1-8(2)7-11(16)9-5-3-4-6-10(9)12(13,14)15/h3-6,8H,7H2,1-2H3.